The Kier molecular flexibility index (Phi) is 8.31. The molecule has 0 aliphatic carbocycles. The van der Waals surface area contributed by atoms with Crippen molar-refractivity contribution in [3.05, 3.63) is 29.8 Å². The van der Waals surface area contributed by atoms with E-state index in [1.807, 2.05) is 24.3 Å². The number of methoxy groups -OCH3 is 2. The second-order valence-electron chi connectivity index (χ2n) is 7.13. The van der Waals surface area contributed by atoms with Gasteiger partial charge < -0.3 is 25.0 Å². The van der Waals surface area contributed by atoms with Crippen LogP contribution in [0.3, 0.4) is 0 Å². The number of thiocarbonyl (C=S) groups is 1. The molecule has 0 bridgehead atoms. The Morgan fingerprint density at radius 3 is 2.56 bits per heavy atom. The molecule has 0 saturated carbocycles. The number of carbonyl (C=O) groups is 1. The van der Waals surface area contributed by atoms with Gasteiger partial charge >= 0.3 is 0 Å². The number of hydrogen-bond donors (Lipinski definition) is 2. The van der Waals surface area contributed by atoms with Crippen LogP contribution in [0.1, 0.15) is 31.7 Å². The average Bonchev–Trinajstić information content (AvgIpc) is 3.10. The number of nitrogens with one attached hydrogen (secondary N) is 2. The molecule has 1 heterocycles. The lowest BCUT2D eigenvalue weighted by Crippen LogP contribution is -2.42. The molecule has 2 unspecified atom stereocenters. The summed E-state index contributed by atoms with van der Waals surface area (Å²) in [5, 5.41) is 7.04. The highest BCUT2D eigenvalue weighted by Gasteiger charge is 2.39. The van der Waals surface area contributed by atoms with E-state index in [-0.39, 0.29) is 23.8 Å². The lowest BCUT2D eigenvalue weighted by molar-refractivity contribution is -0.124. The van der Waals surface area contributed by atoms with E-state index in [4.69, 9.17) is 21.7 Å². The standard InChI is InChI=1S/C20H31N3O3S/c1-14(2)22-20(27)23-12-17(15-6-8-16(26-4)9-7-15)18(13-23)19(24)21-10-5-11-25-3/h6-9,14,17-18H,5,10-13H2,1-4H3,(H,21,24)(H,22,27). The van der Waals surface area contributed by atoms with Gasteiger partial charge in [-0.05, 0) is 50.2 Å². The molecule has 1 amide bonds. The molecular formula is C20H31N3O3S. The fourth-order valence-electron chi connectivity index (χ4n) is 3.32. The van der Waals surface area contributed by atoms with Crippen LogP contribution in [-0.4, -0.2) is 62.4 Å². The summed E-state index contributed by atoms with van der Waals surface area (Å²) in [5.74, 6) is 0.825. The first-order chi connectivity index (χ1) is 13.0. The lowest BCUT2D eigenvalue weighted by Gasteiger charge is -2.22. The van der Waals surface area contributed by atoms with Gasteiger partial charge in [0.1, 0.15) is 5.75 Å². The molecule has 6 nitrogen and oxygen atoms in total. The second-order valence-corrected chi connectivity index (χ2v) is 7.52. The number of rotatable bonds is 8. The van der Waals surface area contributed by atoms with Crippen LogP contribution in [0.15, 0.2) is 24.3 Å². The fraction of sp³-hybridized carbons (Fsp3) is 0.600. The van der Waals surface area contributed by atoms with Crippen molar-refractivity contribution in [1.29, 1.82) is 0 Å². The number of ether oxygens (including phenoxy) is 2. The van der Waals surface area contributed by atoms with E-state index in [1.165, 1.54) is 0 Å². The van der Waals surface area contributed by atoms with Gasteiger partial charge in [-0.2, -0.15) is 0 Å². The SMILES string of the molecule is COCCCNC(=O)C1CN(C(=S)NC(C)C)CC1c1ccc(OC)cc1. The molecule has 1 aromatic rings. The van der Waals surface area contributed by atoms with Gasteiger partial charge in [-0.25, -0.2) is 0 Å². The Labute approximate surface area is 167 Å². The van der Waals surface area contributed by atoms with Crippen molar-refractivity contribution < 1.29 is 14.3 Å². The summed E-state index contributed by atoms with van der Waals surface area (Å²) in [6.45, 7) is 6.72. The molecule has 0 spiro atoms. The highest BCUT2D eigenvalue weighted by atomic mass is 32.1. The Bertz CT molecular complexity index is 621. The van der Waals surface area contributed by atoms with E-state index in [0.717, 1.165) is 24.3 Å². The van der Waals surface area contributed by atoms with Gasteiger partial charge in [0.2, 0.25) is 5.91 Å². The van der Waals surface area contributed by atoms with Crippen LogP contribution in [-0.2, 0) is 9.53 Å². The van der Waals surface area contributed by atoms with Crippen molar-refractivity contribution >= 4 is 23.2 Å². The van der Waals surface area contributed by atoms with Crippen LogP contribution < -0.4 is 15.4 Å². The highest BCUT2D eigenvalue weighted by molar-refractivity contribution is 7.80. The van der Waals surface area contributed by atoms with Gasteiger partial charge in [-0.15, -0.1) is 0 Å². The van der Waals surface area contributed by atoms with E-state index >= 15 is 0 Å². The first-order valence-electron chi connectivity index (χ1n) is 9.42. The number of nitrogens with zero attached hydrogens (tertiary/aromatic N) is 1. The maximum Gasteiger partial charge on any atom is 0.225 e. The molecule has 7 heteroatoms. The molecule has 2 rings (SSSR count). The van der Waals surface area contributed by atoms with Crippen LogP contribution in [0.4, 0.5) is 0 Å². The first kappa shape index (κ1) is 21.4. The monoisotopic (exact) mass is 393 g/mol. The molecule has 150 valence electrons. The van der Waals surface area contributed by atoms with Crippen molar-refractivity contribution in [1.82, 2.24) is 15.5 Å². The summed E-state index contributed by atoms with van der Waals surface area (Å²) in [5.41, 5.74) is 1.13. The zero-order chi connectivity index (χ0) is 19.8. The Balaban J connectivity index is 2.12. The molecule has 1 fully saturated rings. The summed E-state index contributed by atoms with van der Waals surface area (Å²) in [4.78, 5) is 14.9. The topological polar surface area (TPSA) is 62.8 Å². The van der Waals surface area contributed by atoms with Crippen LogP contribution >= 0.6 is 12.2 Å². The Hall–Kier alpha value is -1.86. The Morgan fingerprint density at radius 1 is 1.26 bits per heavy atom. The van der Waals surface area contributed by atoms with E-state index < -0.39 is 0 Å². The van der Waals surface area contributed by atoms with E-state index in [2.05, 4.69) is 29.4 Å². The third-order valence-electron chi connectivity index (χ3n) is 4.72. The maximum absolute atomic E-state index is 12.8. The minimum Gasteiger partial charge on any atom is -0.497 e. The Morgan fingerprint density at radius 2 is 1.96 bits per heavy atom. The molecule has 1 aliphatic rings. The zero-order valence-corrected chi connectivity index (χ0v) is 17.5. The summed E-state index contributed by atoms with van der Waals surface area (Å²) < 4.78 is 10.3. The third kappa shape index (κ3) is 6.07. The lowest BCUT2D eigenvalue weighted by atomic mass is 9.88. The van der Waals surface area contributed by atoms with Crippen molar-refractivity contribution in [2.24, 2.45) is 5.92 Å². The number of carbonyl (C=O) groups excluding carboxylic acids is 1. The predicted molar refractivity (Wildman–Crippen MR) is 111 cm³/mol. The first-order valence-corrected chi connectivity index (χ1v) is 9.83. The van der Waals surface area contributed by atoms with Gasteiger partial charge in [0.25, 0.3) is 0 Å². The predicted octanol–water partition coefficient (Wildman–Crippen LogP) is 2.15. The largest absolute Gasteiger partial charge is 0.497 e. The van der Waals surface area contributed by atoms with Crippen LogP contribution in [0.5, 0.6) is 5.75 Å². The van der Waals surface area contributed by atoms with Crippen molar-refractivity contribution in [2.45, 2.75) is 32.2 Å². The number of hydrogen-bond acceptors (Lipinski definition) is 4. The minimum absolute atomic E-state index is 0.0711. The van der Waals surface area contributed by atoms with Gasteiger partial charge in [0.15, 0.2) is 5.11 Å². The zero-order valence-electron chi connectivity index (χ0n) is 16.7. The number of amides is 1. The maximum atomic E-state index is 12.8. The second kappa shape index (κ2) is 10.5. The number of likely N-dealkylation sites (tertiary alicyclic amines) is 1. The summed E-state index contributed by atoms with van der Waals surface area (Å²) in [6.07, 6.45) is 0.805. The molecule has 2 N–H and O–H groups in total. The summed E-state index contributed by atoms with van der Waals surface area (Å²) in [7, 11) is 3.32. The molecule has 1 aliphatic heterocycles. The average molecular weight is 394 g/mol. The summed E-state index contributed by atoms with van der Waals surface area (Å²) in [6, 6.07) is 8.22. The van der Waals surface area contributed by atoms with Crippen LogP contribution in [0, 0.1) is 5.92 Å². The smallest absolute Gasteiger partial charge is 0.225 e. The number of benzene rings is 1. The van der Waals surface area contributed by atoms with Crippen molar-refractivity contribution in [3.63, 3.8) is 0 Å². The molecular weight excluding hydrogens is 362 g/mol. The quantitative estimate of drug-likeness (QED) is 0.521. The summed E-state index contributed by atoms with van der Waals surface area (Å²) >= 11 is 5.54. The minimum atomic E-state index is -0.146. The normalized spacial score (nSPS) is 19.2. The molecule has 0 aromatic heterocycles. The van der Waals surface area contributed by atoms with Gasteiger partial charge in [0, 0.05) is 45.3 Å². The van der Waals surface area contributed by atoms with Crippen molar-refractivity contribution in [2.75, 3.05) is 40.5 Å². The van der Waals surface area contributed by atoms with Gasteiger partial charge in [0.05, 0.1) is 13.0 Å². The van der Waals surface area contributed by atoms with E-state index in [1.54, 1.807) is 14.2 Å². The van der Waals surface area contributed by atoms with Crippen molar-refractivity contribution in [3.8, 4) is 5.75 Å². The van der Waals surface area contributed by atoms with E-state index in [9.17, 15) is 4.79 Å². The van der Waals surface area contributed by atoms with Crippen LogP contribution in [0.25, 0.3) is 0 Å². The van der Waals surface area contributed by atoms with Gasteiger partial charge in [-0.1, -0.05) is 12.1 Å². The van der Waals surface area contributed by atoms with Crippen LogP contribution in [0.2, 0.25) is 0 Å². The van der Waals surface area contributed by atoms with E-state index in [0.29, 0.717) is 24.8 Å². The molecule has 1 aromatic carbocycles. The third-order valence-corrected chi connectivity index (χ3v) is 5.10. The van der Waals surface area contributed by atoms with Gasteiger partial charge in [-0.3, -0.25) is 4.79 Å². The highest BCUT2D eigenvalue weighted by Crippen LogP contribution is 2.34. The fourth-order valence-corrected chi connectivity index (χ4v) is 3.71. The molecule has 1 saturated heterocycles. The molecule has 27 heavy (non-hydrogen) atoms. The molecule has 0 radical (unpaired) electrons. The molecule has 2 atom stereocenters.